The molecule has 0 atom stereocenters. The molecule has 0 aromatic carbocycles. The van der Waals surface area contributed by atoms with E-state index in [2.05, 4.69) is 22.5 Å². The lowest BCUT2D eigenvalue weighted by molar-refractivity contribution is 0.0601. The fraction of sp³-hybridized carbons (Fsp3) is 1.00. The molecule has 0 aromatic heterocycles. The molecule has 0 saturated heterocycles. The van der Waals surface area contributed by atoms with Gasteiger partial charge in [-0.25, -0.2) is 0 Å². The van der Waals surface area contributed by atoms with E-state index >= 15 is 0 Å². The largest absolute Gasteiger partial charge is 0.596 e. The highest BCUT2D eigenvalue weighted by Crippen LogP contribution is 2.05. The summed E-state index contributed by atoms with van der Waals surface area (Å²) in [5.41, 5.74) is 0. The fourth-order valence-corrected chi connectivity index (χ4v) is 3.88. The van der Waals surface area contributed by atoms with Crippen LogP contribution in [-0.4, -0.2) is 61.5 Å². The number of hydrogen-bond acceptors (Lipinski definition) is 6. The molecule has 0 amide bonds. The summed E-state index contributed by atoms with van der Waals surface area (Å²) in [5, 5.41) is 6.73. The van der Waals surface area contributed by atoms with E-state index in [1.807, 2.05) is 20.8 Å². The van der Waals surface area contributed by atoms with Crippen LogP contribution in [0.15, 0.2) is 0 Å². The Morgan fingerprint density at radius 2 is 1.10 bits per heavy atom. The van der Waals surface area contributed by atoms with Gasteiger partial charge in [-0.05, 0) is 33.7 Å². The molecule has 6 nitrogen and oxygen atoms in total. The van der Waals surface area contributed by atoms with E-state index in [-0.39, 0.29) is 0 Å². The average molecular weight is 308 g/mol. The lowest BCUT2D eigenvalue weighted by Gasteiger charge is -2.28. The van der Waals surface area contributed by atoms with Crippen molar-refractivity contribution < 1.29 is 13.3 Å². The maximum atomic E-state index is 5.71. The molecule has 0 unspecified atom stereocenters. The van der Waals surface area contributed by atoms with Gasteiger partial charge < -0.3 is 23.9 Å². The van der Waals surface area contributed by atoms with Crippen molar-refractivity contribution in [2.45, 2.75) is 34.1 Å². The van der Waals surface area contributed by atoms with Crippen LogP contribution in [0.5, 0.6) is 0 Å². The second-order valence-corrected chi connectivity index (χ2v) is 6.61. The van der Waals surface area contributed by atoms with Gasteiger partial charge >= 0.3 is 8.97 Å². The molecule has 0 rings (SSSR count). The van der Waals surface area contributed by atoms with Crippen LogP contribution in [-0.2, 0) is 13.3 Å². The Kier molecular flexibility index (Phi) is 13.9. The molecule has 7 heteroatoms. The van der Waals surface area contributed by atoms with E-state index in [0.29, 0.717) is 19.8 Å². The van der Waals surface area contributed by atoms with Crippen molar-refractivity contribution in [1.82, 2.24) is 15.6 Å². The Morgan fingerprint density at radius 1 is 0.650 bits per heavy atom. The van der Waals surface area contributed by atoms with E-state index in [9.17, 15) is 0 Å². The molecule has 0 aliphatic carbocycles. The van der Waals surface area contributed by atoms with Gasteiger partial charge in [-0.3, -0.25) is 4.98 Å². The summed E-state index contributed by atoms with van der Waals surface area (Å²) in [7, 11) is -2.68. The molecule has 0 fully saturated rings. The minimum atomic E-state index is -2.68. The third-order valence-electron chi connectivity index (χ3n) is 2.55. The van der Waals surface area contributed by atoms with Gasteiger partial charge in [0.2, 0.25) is 0 Å². The standard InChI is InChI=1S/C13H33N3O3Si/c1-5-9-14-10-11-15-12-13-16-20(17-6-2,18-7-3)19-8-4/h14-16H,5-13H2,1-4H3. The average Bonchev–Trinajstić information content (AvgIpc) is 2.43. The van der Waals surface area contributed by atoms with Gasteiger partial charge in [0.1, 0.15) is 0 Å². The van der Waals surface area contributed by atoms with E-state index in [0.717, 1.165) is 32.7 Å². The Morgan fingerprint density at radius 3 is 1.55 bits per heavy atom. The molecule has 0 aliphatic rings. The van der Waals surface area contributed by atoms with Gasteiger partial charge in [0.25, 0.3) is 0 Å². The first-order valence-corrected chi connectivity index (χ1v) is 9.55. The van der Waals surface area contributed by atoms with Crippen molar-refractivity contribution in [2.75, 3.05) is 52.5 Å². The minimum Gasteiger partial charge on any atom is -0.361 e. The lowest BCUT2D eigenvalue weighted by atomic mass is 10.4. The lowest BCUT2D eigenvalue weighted by Crippen LogP contribution is -2.60. The van der Waals surface area contributed by atoms with Crippen molar-refractivity contribution in [1.29, 1.82) is 0 Å². The molecule has 0 saturated carbocycles. The first-order valence-electron chi connectivity index (χ1n) is 7.82. The summed E-state index contributed by atoms with van der Waals surface area (Å²) < 4.78 is 17.1. The van der Waals surface area contributed by atoms with E-state index < -0.39 is 8.97 Å². The molecular formula is C13H33N3O3Si. The maximum absolute atomic E-state index is 5.71. The number of nitrogens with one attached hydrogen (secondary N) is 3. The Bertz CT molecular complexity index is 194. The molecule has 0 aromatic rings. The van der Waals surface area contributed by atoms with Crippen LogP contribution in [0.2, 0.25) is 0 Å². The molecule has 20 heavy (non-hydrogen) atoms. The fourth-order valence-electron chi connectivity index (χ4n) is 1.76. The monoisotopic (exact) mass is 307 g/mol. The van der Waals surface area contributed by atoms with E-state index in [1.54, 1.807) is 0 Å². The molecular weight excluding hydrogens is 274 g/mol. The van der Waals surface area contributed by atoms with Crippen LogP contribution in [0.3, 0.4) is 0 Å². The molecule has 3 N–H and O–H groups in total. The normalized spacial score (nSPS) is 12.0. The second kappa shape index (κ2) is 13.9. The van der Waals surface area contributed by atoms with Crippen LogP contribution in [0.4, 0.5) is 0 Å². The zero-order chi connectivity index (χ0) is 15.1. The van der Waals surface area contributed by atoms with Crippen molar-refractivity contribution in [3.8, 4) is 0 Å². The highest BCUT2D eigenvalue weighted by Gasteiger charge is 2.40. The summed E-state index contributed by atoms with van der Waals surface area (Å²) in [4.78, 5) is 3.33. The Hall–Kier alpha value is -0.0231. The first kappa shape index (κ1) is 20.0. The zero-order valence-corrected chi connectivity index (χ0v) is 14.6. The third kappa shape index (κ3) is 9.81. The maximum Gasteiger partial charge on any atom is 0.596 e. The van der Waals surface area contributed by atoms with Gasteiger partial charge in [-0.15, -0.1) is 0 Å². The van der Waals surface area contributed by atoms with Crippen molar-refractivity contribution in [3.63, 3.8) is 0 Å². The smallest absolute Gasteiger partial charge is 0.361 e. The molecule has 0 spiro atoms. The van der Waals surface area contributed by atoms with E-state index in [4.69, 9.17) is 13.3 Å². The highest BCUT2D eigenvalue weighted by molar-refractivity contribution is 6.57. The van der Waals surface area contributed by atoms with Gasteiger partial charge in [0.15, 0.2) is 0 Å². The summed E-state index contributed by atoms with van der Waals surface area (Å²) in [6.07, 6.45) is 1.17. The number of rotatable bonds is 15. The van der Waals surface area contributed by atoms with Crippen LogP contribution in [0.1, 0.15) is 34.1 Å². The summed E-state index contributed by atoms with van der Waals surface area (Å²) >= 11 is 0. The zero-order valence-electron chi connectivity index (χ0n) is 13.6. The summed E-state index contributed by atoms with van der Waals surface area (Å²) in [6, 6.07) is 0. The van der Waals surface area contributed by atoms with Crippen molar-refractivity contribution in [3.05, 3.63) is 0 Å². The number of hydrogen-bond donors (Lipinski definition) is 3. The first-order chi connectivity index (χ1) is 9.74. The van der Waals surface area contributed by atoms with Crippen LogP contribution >= 0.6 is 0 Å². The van der Waals surface area contributed by atoms with Crippen LogP contribution in [0, 0.1) is 0 Å². The Labute approximate surface area is 125 Å². The SMILES string of the molecule is CCCNCCNCCN[Si](OCC)(OCC)OCC. The quantitative estimate of drug-likeness (QED) is 0.306. The third-order valence-corrected chi connectivity index (χ3v) is 5.24. The van der Waals surface area contributed by atoms with Gasteiger partial charge in [-0.2, -0.15) is 0 Å². The molecule has 0 bridgehead atoms. The topological polar surface area (TPSA) is 63.8 Å². The van der Waals surface area contributed by atoms with Gasteiger partial charge in [0, 0.05) is 46.0 Å². The van der Waals surface area contributed by atoms with Gasteiger partial charge in [-0.1, -0.05) is 6.92 Å². The molecule has 122 valence electrons. The van der Waals surface area contributed by atoms with Crippen LogP contribution in [0.25, 0.3) is 0 Å². The van der Waals surface area contributed by atoms with Crippen molar-refractivity contribution >= 4 is 8.97 Å². The predicted molar refractivity (Wildman–Crippen MR) is 84.7 cm³/mol. The summed E-state index contributed by atoms with van der Waals surface area (Å²) in [5.74, 6) is 0. The van der Waals surface area contributed by atoms with Crippen molar-refractivity contribution in [2.24, 2.45) is 0 Å². The van der Waals surface area contributed by atoms with Gasteiger partial charge in [0.05, 0.1) is 0 Å². The van der Waals surface area contributed by atoms with Crippen LogP contribution < -0.4 is 15.6 Å². The minimum absolute atomic E-state index is 0.591. The highest BCUT2D eigenvalue weighted by atomic mass is 28.4. The summed E-state index contributed by atoms with van der Waals surface area (Å²) in [6.45, 7) is 14.5. The molecule has 0 aliphatic heterocycles. The van der Waals surface area contributed by atoms with E-state index in [1.165, 1.54) is 6.42 Å². The molecule has 0 heterocycles. The predicted octanol–water partition coefficient (Wildman–Crippen LogP) is 0.710. The Balaban J connectivity index is 3.82. The molecule has 0 radical (unpaired) electrons. The second-order valence-electron chi connectivity index (χ2n) is 4.28.